The summed E-state index contributed by atoms with van der Waals surface area (Å²) in [7, 11) is 0. The van der Waals surface area contributed by atoms with Gasteiger partial charge >= 0.3 is 5.63 Å². The van der Waals surface area contributed by atoms with Crippen molar-refractivity contribution in [2.45, 2.75) is 51.0 Å². The van der Waals surface area contributed by atoms with Gasteiger partial charge in [-0.1, -0.05) is 23.4 Å². The Morgan fingerprint density at radius 1 is 1.29 bits per heavy atom. The third-order valence-corrected chi connectivity index (χ3v) is 6.25. The van der Waals surface area contributed by atoms with Crippen LogP contribution in [0.15, 0.2) is 45.7 Å². The van der Waals surface area contributed by atoms with Crippen molar-refractivity contribution < 1.29 is 18.8 Å². The standard InChI is InChI=1S/C24H25FN2O4/c1-14-5-3-8-19-16(6-4-7-18(14)19)12-24(30,13-25)23(29)26-17-9-10-20-21(11-17)15(2)27-31-22(20)28/h3,5,8-11,16,30H,4,6-7,12-13H2,1-2H3,(H,26,29). The van der Waals surface area contributed by atoms with Crippen molar-refractivity contribution in [1.29, 1.82) is 0 Å². The molecule has 1 aromatic heterocycles. The average Bonchev–Trinajstić information content (AvgIpc) is 2.77. The van der Waals surface area contributed by atoms with Gasteiger partial charge in [0.1, 0.15) is 6.67 Å². The van der Waals surface area contributed by atoms with Gasteiger partial charge in [-0.3, -0.25) is 4.79 Å². The highest BCUT2D eigenvalue weighted by molar-refractivity contribution is 5.99. The SMILES string of the molecule is Cc1cccc2c1CCCC2CC(O)(CF)C(=O)Nc1ccc2c(=O)onc(C)c2c1. The van der Waals surface area contributed by atoms with E-state index in [1.807, 2.05) is 25.1 Å². The molecule has 4 rings (SSSR count). The number of fused-ring (bicyclic) bond motifs is 2. The number of carbonyl (C=O) groups is 1. The van der Waals surface area contributed by atoms with Crippen molar-refractivity contribution in [2.75, 3.05) is 12.0 Å². The summed E-state index contributed by atoms with van der Waals surface area (Å²) >= 11 is 0. The topological polar surface area (TPSA) is 92.4 Å². The number of rotatable bonds is 5. The van der Waals surface area contributed by atoms with Gasteiger partial charge in [0.15, 0.2) is 5.60 Å². The summed E-state index contributed by atoms with van der Waals surface area (Å²) in [6.45, 7) is 2.54. The van der Waals surface area contributed by atoms with Crippen LogP contribution in [-0.2, 0) is 11.2 Å². The number of nitrogens with zero attached hydrogens (tertiary/aromatic N) is 1. The lowest BCUT2D eigenvalue weighted by molar-refractivity contribution is -0.137. The molecule has 7 heteroatoms. The summed E-state index contributed by atoms with van der Waals surface area (Å²) in [6, 6.07) is 10.6. The molecule has 0 bridgehead atoms. The second-order valence-electron chi connectivity index (χ2n) is 8.37. The first-order valence-electron chi connectivity index (χ1n) is 10.4. The number of alkyl halides is 1. The molecule has 0 spiro atoms. The van der Waals surface area contributed by atoms with Crippen molar-refractivity contribution in [3.8, 4) is 0 Å². The summed E-state index contributed by atoms with van der Waals surface area (Å²) in [5.41, 5.74) is 1.60. The molecule has 31 heavy (non-hydrogen) atoms. The van der Waals surface area contributed by atoms with Gasteiger partial charge in [-0.05, 0) is 80.3 Å². The number of nitrogens with one attached hydrogen (secondary N) is 1. The van der Waals surface area contributed by atoms with Gasteiger partial charge < -0.3 is 14.9 Å². The van der Waals surface area contributed by atoms with Gasteiger partial charge in [-0.15, -0.1) is 0 Å². The molecule has 0 aliphatic heterocycles. The van der Waals surface area contributed by atoms with E-state index >= 15 is 0 Å². The number of carbonyl (C=O) groups excluding carboxylic acids is 1. The first-order valence-corrected chi connectivity index (χ1v) is 10.4. The smallest absolute Gasteiger partial charge is 0.366 e. The molecular formula is C24H25FN2O4. The summed E-state index contributed by atoms with van der Waals surface area (Å²) in [5.74, 6) is -0.898. The summed E-state index contributed by atoms with van der Waals surface area (Å²) in [4.78, 5) is 24.7. The second-order valence-corrected chi connectivity index (χ2v) is 8.37. The Morgan fingerprint density at radius 3 is 2.87 bits per heavy atom. The Bertz CT molecular complexity index is 1210. The molecule has 0 fully saturated rings. The first kappa shape index (κ1) is 21.2. The van der Waals surface area contributed by atoms with Crippen LogP contribution < -0.4 is 10.9 Å². The van der Waals surface area contributed by atoms with Crippen LogP contribution in [0.3, 0.4) is 0 Å². The molecule has 1 aliphatic carbocycles. The zero-order chi connectivity index (χ0) is 22.2. The second kappa shape index (κ2) is 8.23. The Labute approximate surface area is 179 Å². The van der Waals surface area contributed by atoms with Crippen LogP contribution in [0.4, 0.5) is 10.1 Å². The van der Waals surface area contributed by atoms with Crippen LogP contribution >= 0.6 is 0 Å². The maximum Gasteiger partial charge on any atom is 0.366 e. The number of hydrogen-bond acceptors (Lipinski definition) is 5. The van der Waals surface area contributed by atoms with Gasteiger partial charge in [-0.2, -0.15) is 0 Å². The molecule has 0 saturated carbocycles. The van der Waals surface area contributed by atoms with Gasteiger partial charge in [0.2, 0.25) is 0 Å². The van der Waals surface area contributed by atoms with Gasteiger partial charge in [0, 0.05) is 11.1 Å². The van der Waals surface area contributed by atoms with E-state index < -0.39 is 23.8 Å². The van der Waals surface area contributed by atoms with Crippen LogP contribution in [0.2, 0.25) is 0 Å². The molecule has 6 nitrogen and oxygen atoms in total. The number of aryl methyl sites for hydroxylation is 2. The van der Waals surface area contributed by atoms with E-state index in [9.17, 15) is 19.1 Å². The lowest BCUT2D eigenvalue weighted by Crippen LogP contribution is -2.46. The van der Waals surface area contributed by atoms with Crippen LogP contribution in [0.5, 0.6) is 0 Å². The zero-order valence-corrected chi connectivity index (χ0v) is 17.6. The van der Waals surface area contributed by atoms with Crippen molar-refractivity contribution in [3.05, 3.63) is 69.2 Å². The van der Waals surface area contributed by atoms with Gasteiger partial charge in [0.25, 0.3) is 5.91 Å². The van der Waals surface area contributed by atoms with Crippen molar-refractivity contribution in [3.63, 3.8) is 0 Å². The van der Waals surface area contributed by atoms with E-state index in [2.05, 4.69) is 10.5 Å². The molecule has 3 aromatic rings. The fourth-order valence-electron chi connectivity index (χ4n) is 4.51. The highest BCUT2D eigenvalue weighted by Crippen LogP contribution is 2.38. The normalized spacial score (nSPS) is 17.7. The molecular weight excluding hydrogens is 399 g/mol. The van der Waals surface area contributed by atoms with Crippen molar-refractivity contribution in [2.24, 2.45) is 0 Å². The molecule has 2 aromatic carbocycles. The molecule has 0 saturated heterocycles. The van der Waals surface area contributed by atoms with E-state index in [1.54, 1.807) is 13.0 Å². The minimum atomic E-state index is -2.15. The molecule has 1 heterocycles. The average molecular weight is 424 g/mol. The van der Waals surface area contributed by atoms with Gasteiger partial charge in [-0.25, -0.2) is 9.18 Å². The first-order chi connectivity index (χ1) is 14.8. The highest BCUT2D eigenvalue weighted by Gasteiger charge is 2.40. The molecule has 0 radical (unpaired) electrons. The maximum atomic E-state index is 14.0. The van der Waals surface area contributed by atoms with Gasteiger partial charge in [0.05, 0.1) is 11.1 Å². The van der Waals surface area contributed by atoms with Crippen LogP contribution in [0.1, 0.15) is 47.6 Å². The van der Waals surface area contributed by atoms with E-state index in [4.69, 9.17) is 4.52 Å². The number of anilines is 1. The minimum Gasteiger partial charge on any atom is -0.377 e. The predicted molar refractivity (Wildman–Crippen MR) is 116 cm³/mol. The van der Waals surface area contributed by atoms with E-state index in [0.717, 1.165) is 24.8 Å². The third kappa shape index (κ3) is 3.97. The largest absolute Gasteiger partial charge is 0.377 e. The van der Waals surface area contributed by atoms with Crippen molar-refractivity contribution in [1.82, 2.24) is 5.16 Å². The molecule has 1 amide bonds. The molecule has 2 unspecified atom stereocenters. The quantitative estimate of drug-likeness (QED) is 0.647. The molecule has 2 atom stereocenters. The van der Waals surface area contributed by atoms with E-state index in [-0.39, 0.29) is 12.3 Å². The highest BCUT2D eigenvalue weighted by atomic mass is 19.1. The molecule has 1 aliphatic rings. The Balaban J connectivity index is 1.59. The summed E-state index contributed by atoms with van der Waals surface area (Å²) < 4.78 is 18.7. The Hall–Kier alpha value is -3.06. The van der Waals surface area contributed by atoms with Crippen LogP contribution in [-0.4, -0.2) is 28.4 Å². The third-order valence-electron chi connectivity index (χ3n) is 6.25. The maximum absolute atomic E-state index is 14.0. The van der Waals surface area contributed by atoms with E-state index in [0.29, 0.717) is 22.2 Å². The Morgan fingerprint density at radius 2 is 2.10 bits per heavy atom. The lowest BCUT2D eigenvalue weighted by atomic mass is 9.75. The minimum absolute atomic E-state index is 0.00351. The van der Waals surface area contributed by atoms with E-state index in [1.165, 1.54) is 23.3 Å². The summed E-state index contributed by atoms with van der Waals surface area (Å²) in [5, 5.41) is 18.1. The number of aromatic nitrogens is 1. The fraction of sp³-hybridized carbons (Fsp3) is 0.375. The number of aliphatic hydroxyl groups is 1. The number of amides is 1. The molecule has 2 N–H and O–H groups in total. The zero-order valence-electron chi connectivity index (χ0n) is 17.6. The number of hydrogen-bond donors (Lipinski definition) is 2. The van der Waals surface area contributed by atoms with Crippen LogP contribution in [0, 0.1) is 13.8 Å². The lowest BCUT2D eigenvalue weighted by Gasteiger charge is -2.33. The molecule has 162 valence electrons. The van der Waals surface area contributed by atoms with Crippen LogP contribution in [0.25, 0.3) is 10.8 Å². The predicted octanol–water partition coefficient (Wildman–Crippen LogP) is 3.95. The summed E-state index contributed by atoms with van der Waals surface area (Å²) in [6.07, 6.45) is 2.69. The Kier molecular flexibility index (Phi) is 5.62. The number of benzene rings is 2. The number of halogens is 1. The van der Waals surface area contributed by atoms with Crippen molar-refractivity contribution >= 4 is 22.4 Å². The monoisotopic (exact) mass is 424 g/mol. The fourth-order valence-corrected chi connectivity index (χ4v) is 4.51.